The summed E-state index contributed by atoms with van der Waals surface area (Å²) in [5, 5.41) is 3.61. The van der Waals surface area contributed by atoms with Gasteiger partial charge in [0, 0.05) is 15.5 Å². The quantitative estimate of drug-likeness (QED) is 0.372. The zero-order valence-electron chi connectivity index (χ0n) is 13.5. The standard InChI is InChI=1S/C21H16BrNO/c1-21(2)14-6-4-3-5-13(14)19-15(21)8-10-18-20(19)23-16-11-12(22)7-9-17(16)24-18/h3-11,23H,1-2H3. The van der Waals surface area contributed by atoms with Gasteiger partial charge >= 0.3 is 0 Å². The van der Waals surface area contributed by atoms with Crippen LogP contribution in [0.2, 0.25) is 0 Å². The van der Waals surface area contributed by atoms with Crippen LogP contribution in [0, 0.1) is 0 Å². The number of nitrogens with one attached hydrogen (secondary N) is 1. The number of fused-ring (bicyclic) bond motifs is 6. The first-order valence-corrected chi connectivity index (χ1v) is 8.87. The molecule has 3 aromatic carbocycles. The number of ether oxygens (including phenoxy) is 1. The van der Waals surface area contributed by atoms with E-state index >= 15 is 0 Å². The van der Waals surface area contributed by atoms with Crippen LogP contribution in [0.5, 0.6) is 11.5 Å². The minimum Gasteiger partial charge on any atom is -0.453 e. The average Bonchev–Trinajstić information content (AvgIpc) is 2.81. The zero-order chi connectivity index (χ0) is 16.5. The Morgan fingerprint density at radius 1 is 0.917 bits per heavy atom. The molecule has 0 fully saturated rings. The highest BCUT2D eigenvalue weighted by molar-refractivity contribution is 9.10. The van der Waals surface area contributed by atoms with Crippen LogP contribution in [0.3, 0.4) is 0 Å². The van der Waals surface area contributed by atoms with Crippen molar-refractivity contribution in [1.82, 2.24) is 0 Å². The first-order chi connectivity index (χ1) is 11.6. The average molecular weight is 378 g/mol. The van der Waals surface area contributed by atoms with E-state index in [0.717, 1.165) is 27.3 Å². The SMILES string of the molecule is CC1(C)c2ccccc2-c2c1ccc1c2Nc2cc(Br)ccc2O1. The first kappa shape index (κ1) is 14.1. The molecule has 1 N–H and O–H groups in total. The zero-order valence-corrected chi connectivity index (χ0v) is 15.1. The molecule has 3 aromatic rings. The maximum atomic E-state index is 6.16. The number of anilines is 2. The number of hydrogen-bond acceptors (Lipinski definition) is 2. The van der Waals surface area contributed by atoms with Crippen molar-refractivity contribution in [3.8, 4) is 22.6 Å². The fraction of sp³-hybridized carbons (Fsp3) is 0.143. The largest absolute Gasteiger partial charge is 0.453 e. The van der Waals surface area contributed by atoms with Crippen molar-refractivity contribution in [2.75, 3.05) is 5.32 Å². The molecular formula is C21H16BrNO. The maximum Gasteiger partial charge on any atom is 0.151 e. The molecule has 0 radical (unpaired) electrons. The normalized spacial score (nSPS) is 15.5. The lowest BCUT2D eigenvalue weighted by molar-refractivity contribution is 0.481. The van der Waals surface area contributed by atoms with Crippen LogP contribution in [0.1, 0.15) is 25.0 Å². The van der Waals surface area contributed by atoms with Crippen LogP contribution in [-0.2, 0) is 5.41 Å². The third-order valence-corrected chi connectivity index (χ3v) is 5.62. The molecule has 2 nitrogen and oxygen atoms in total. The fourth-order valence-corrected chi connectivity index (χ4v) is 4.29. The highest BCUT2D eigenvalue weighted by Crippen LogP contribution is 2.56. The molecule has 5 rings (SSSR count). The third kappa shape index (κ3) is 1.76. The molecule has 0 atom stereocenters. The lowest BCUT2D eigenvalue weighted by atomic mass is 9.82. The Kier molecular flexibility index (Phi) is 2.73. The second-order valence-electron chi connectivity index (χ2n) is 6.90. The van der Waals surface area contributed by atoms with Gasteiger partial charge in [0.25, 0.3) is 0 Å². The van der Waals surface area contributed by atoms with E-state index in [1.165, 1.54) is 22.3 Å². The van der Waals surface area contributed by atoms with Crippen molar-refractivity contribution < 1.29 is 4.74 Å². The molecule has 0 unspecified atom stereocenters. The van der Waals surface area contributed by atoms with Gasteiger partial charge in [-0.3, -0.25) is 0 Å². The van der Waals surface area contributed by atoms with E-state index in [9.17, 15) is 0 Å². The van der Waals surface area contributed by atoms with Gasteiger partial charge in [-0.25, -0.2) is 0 Å². The molecule has 1 aliphatic carbocycles. The number of hydrogen-bond donors (Lipinski definition) is 1. The van der Waals surface area contributed by atoms with Crippen LogP contribution in [-0.4, -0.2) is 0 Å². The van der Waals surface area contributed by atoms with Crippen molar-refractivity contribution in [2.24, 2.45) is 0 Å². The summed E-state index contributed by atoms with van der Waals surface area (Å²) in [6.07, 6.45) is 0. The summed E-state index contributed by atoms with van der Waals surface area (Å²) in [7, 11) is 0. The van der Waals surface area contributed by atoms with Gasteiger partial charge < -0.3 is 10.1 Å². The Hall–Kier alpha value is -2.26. The van der Waals surface area contributed by atoms with Crippen LogP contribution < -0.4 is 10.1 Å². The highest BCUT2D eigenvalue weighted by Gasteiger charge is 2.38. The predicted molar refractivity (Wildman–Crippen MR) is 102 cm³/mol. The molecule has 0 saturated carbocycles. The molecule has 3 heteroatoms. The second kappa shape index (κ2) is 4.64. The number of benzene rings is 3. The smallest absolute Gasteiger partial charge is 0.151 e. The maximum absolute atomic E-state index is 6.16. The molecule has 0 aromatic heterocycles. The highest BCUT2D eigenvalue weighted by atomic mass is 79.9. The van der Waals surface area contributed by atoms with E-state index in [1.54, 1.807) is 0 Å². The summed E-state index contributed by atoms with van der Waals surface area (Å²) in [6.45, 7) is 4.58. The van der Waals surface area contributed by atoms with E-state index in [-0.39, 0.29) is 5.41 Å². The fourth-order valence-electron chi connectivity index (χ4n) is 3.93. The topological polar surface area (TPSA) is 21.3 Å². The lowest BCUT2D eigenvalue weighted by Crippen LogP contribution is -2.15. The minimum atomic E-state index is 0.000184. The Morgan fingerprint density at radius 3 is 2.58 bits per heavy atom. The summed E-state index contributed by atoms with van der Waals surface area (Å²) in [4.78, 5) is 0. The Bertz CT molecular complexity index is 1010. The van der Waals surface area contributed by atoms with E-state index in [2.05, 4.69) is 77.6 Å². The molecule has 2 aliphatic rings. The summed E-state index contributed by atoms with van der Waals surface area (Å²) in [5.74, 6) is 1.74. The van der Waals surface area contributed by atoms with Crippen molar-refractivity contribution in [3.05, 3.63) is 70.2 Å². The van der Waals surface area contributed by atoms with Crippen molar-refractivity contribution in [1.29, 1.82) is 0 Å². The summed E-state index contributed by atoms with van der Waals surface area (Å²) in [6, 6.07) is 19.0. The lowest BCUT2D eigenvalue weighted by Gasteiger charge is -2.26. The molecule has 118 valence electrons. The molecule has 24 heavy (non-hydrogen) atoms. The molecule has 1 aliphatic heterocycles. The molecule has 1 heterocycles. The van der Waals surface area contributed by atoms with Gasteiger partial charge in [-0.15, -0.1) is 0 Å². The van der Waals surface area contributed by atoms with Gasteiger partial charge in [-0.05, 0) is 41.0 Å². The van der Waals surface area contributed by atoms with Gasteiger partial charge in [-0.1, -0.05) is 60.1 Å². The van der Waals surface area contributed by atoms with Gasteiger partial charge in [0.15, 0.2) is 11.5 Å². The molecular weight excluding hydrogens is 362 g/mol. The van der Waals surface area contributed by atoms with Gasteiger partial charge in [0.1, 0.15) is 0 Å². The van der Waals surface area contributed by atoms with Crippen LogP contribution >= 0.6 is 15.9 Å². The predicted octanol–water partition coefficient (Wildman–Crippen LogP) is 6.60. The van der Waals surface area contributed by atoms with E-state index < -0.39 is 0 Å². The summed E-state index contributed by atoms with van der Waals surface area (Å²) >= 11 is 3.54. The van der Waals surface area contributed by atoms with Crippen LogP contribution in [0.15, 0.2) is 59.1 Å². The van der Waals surface area contributed by atoms with Crippen LogP contribution in [0.4, 0.5) is 11.4 Å². The second-order valence-corrected chi connectivity index (χ2v) is 7.82. The number of rotatable bonds is 0. The Morgan fingerprint density at radius 2 is 1.71 bits per heavy atom. The summed E-state index contributed by atoms with van der Waals surface area (Å²) in [5.41, 5.74) is 7.33. The van der Waals surface area contributed by atoms with Crippen molar-refractivity contribution >= 4 is 27.3 Å². The first-order valence-electron chi connectivity index (χ1n) is 8.07. The molecule has 0 spiro atoms. The molecule has 0 amide bonds. The van der Waals surface area contributed by atoms with E-state index in [1.807, 2.05) is 12.1 Å². The number of halogens is 1. The third-order valence-electron chi connectivity index (χ3n) is 5.13. The van der Waals surface area contributed by atoms with Gasteiger partial charge in [0.05, 0.1) is 11.4 Å². The Labute approximate surface area is 149 Å². The Balaban J connectivity index is 1.78. The van der Waals surface area contributed by atoms with Gasteiger partial charge in [0.2, 0.25) is 0 Å². The van der Waals surface area contributed by atoms with E-state index in [0.29, 0.717) is 0 Å². The summed E-state index contributed by atoms with van der Waals surface area (Å²) < 4.78 is 7.19. The van der Waals surface area contributed by atoms with Crippen molar-refractivity contribution in [3.63, 3.8) is 0 Å². The van der Waals surface area contributed by atoms with Crippen molar-refractivity contribution in [2.45, 2.75) is 19.3 Å². The molecule has 0 saturated heterocycles. The minimum absolute atomic E-state index is 0.000184. The van der Waals surface area contributed by atoms with Gasteiger partial charge in [-0.2, -0.15) is 0 Å². The molecule has 0 bridgehead atoms. The monoisotopic (exact) mass is 377 g/mol. The van der Waals surface area contributed by atoms with E-state index in [4.69, 9.17) is 4.74 Å². The van der Waals surface area contributed by atoms with Crippen LogP contribution in [0.25, 0.3) is 11.1 Å².